The SMILES string of the molecule is C#Cc1cccc(NCC(=O)Nc2cccc(C#N)c2)c1. The molecule has 2 rings (SSSR count). The first kappa shape index (κ1) is 14.2. The van der Waals surface area contributed by atoms with Crippen LogP contribution in [-0.2, 0) is 4.79 Å². The standard InChI is InChI=1S/C17H13N3O/c1-2-13-5-3-7-15(9-13)19-12-17(21)20-16-8-4-6-14(10-16)11-18/h1,3-10,19H,12H2,(H,20,21). The van der Waals surface area contributed by atoms with Gasteiger partial charge in [0.1, 0.15) is 0 Å². The van der Waals surface area contributed by atoms with Crippen LogP contribution in [0.5, 0.6) is 0 Å². The van der Waals surface area contributed by atoms with Crippen LogP contribution in [-0.4, -0.2) is 12.5 Å². The lowest BCUT2D eigenvalue weighted by molar-refractivity contribution is -0.114. The van der Waals surface area contributed by atoms with E-state index in [0.29, 0.717) is 11.3 Å². The second-order valence-electron chi connectivity index (χ2n) is 4.32. The lowest BCUT2D eigenvalue weighted by Gasteiger charge is -2.08. The molecule has 0 spiro atoms. The van der Waals surface area contributed by atoms with Gasteiger partial charge in [-0.3, -0.25) is 4.79 Å². The van der Waals surface area contributed by atoms with E-state index in [0.717, 1.165) is 11.3 Å². The number of amides is 1. The number of carbonyl (C=O) groups excluding carboxylic acids is 1. The lowest BCUT2D eigenvalue weighted by atomic mass is 10.2. The number of benzene rings is 2. The molecule has 0 unspecified atom stereocenters. The van der Waals surface area contributed by atoms with Gasteiger partial charge in [-0.2, -0.15) is 5.26 Å². The predicted molar refractivity (Wildman–Crippen MR) is 82.7 cm³/mol. The van der Waals surface area contributed by atoms with Gasteiger partial charge in [0, 0.05) is 16.9 Å². The molecule has 0 bridgehead atoms. The third-order valence-corrected chi connectivity index (χ3v) is 2.76. The van der Waals surface area contributed by atoms with Gasteiger partial charge >= 0.3 is 0 Å². The van der Waals surface area contributed by atoms with E-state index in [-0.39, 0.29) is 12.5 Å². The van der Waals surface area contributed by atoms with Crippen molar-refractivity contribution in [2.75, 3.05) is 17.2 Å². The van der Waals surface area contributed by atoms with Crippen LogP contribution in [0.2, 0.25) is 0 Å². The maximum atomic E-state index is 11.8. The summed E-state index contributed by atoms with van der Waals surface area (Å²) in [7, 11) is 0. The minimum Gasteiger partial charge on any atom is -0.376 e. The zero-order chi connectivity index (χ0) is 15.1. The normalized spacial score (nSPS) is 9.24. The smallest absolute Gasteiger partial charge is 0.243 e. The number of nitrogens with zero attached hydrogens (tertiary/aromatic N) is 1. The minimum atomic E-state index is -0.198. The molecule has 4 nitrogen and oxygen atoms in total. The molecule has 1 amide bonds. The molecule has 0 radical (unpaired) electrons. The van der Waals surface area contributed by atoms with Gasteiger partial charge in [-0.05, 0) is 36.4 Å². The summed E-state index contributed by atoms with van der Waals surface area (Å²) >= 11 is 0. The van der Waals surface area contributed by atoms with Gasteiger partial charge in [0.05, 0.1) is 18.2 Å². The third kappa shape index (κ3) is 4.12. The van der Waals surface area contributed by atoms with Gasteiger partial charge in [-0.15, -0.1) is 6.42 Å². The number of hydrogen-bond donors (Lipinski definition) is 2. The molecule has 0 saturated heterocycles. The summed E-state index contributed by atoms with van der Waals surface area (Å²) in [5, 5.41) is 14.5. The maximum Gasteiger partial charge on any atom is 0.243 e. The average molecular weight is 275 g/mol. The van der Waals surface area contributed by atoms with Crippen molar-refractivity contribution in [1.82, 2.24) is 0 Å². The van der Waals surface area contributed by atoms with Crippen LogP contribution >= 0.6 is 0 Å². The van der Waals surface area contributed by atoms with E-state index in [1.807, 2.05) is 24.3 Å². The Morgan fingerprint density at radius 2 is 1.76 bits per heavy atom. The molecule has 0 aliphatic carbocycles. The number of hydrogen-bond acceptors (Lipinski definition) is 3. The van der Waals surface area contributed by atoms with E-state index in [2.05, 4.69) is 16.6 Å². The van der Waals surface area contributed by atoms with Gasteiger partial charge in [0.15, 0.2) is 0 Å². The van der Waals surface area contributed by atoms with Crippen molar-refractivity contribution in [3.8, 4) is 18.4 Å². The first-order valence-electron chi connectivity index (χ1n) is 6.32. The Morgan fingerprint density at radius 3 is 2.48 bits per heavy atom. The van der Waals surface area contributed by atoms with E-state index in [9.17, 15) is 4.79 Å². The molecule has 2 N–H and O–H groups in total. The van der Waals surface area contributed by atoms with Crippen molar-refractivity contribution < 1.29 is 4.79 Å². The Bertz CT molecular complexity index is 738. The summed E-state index contributed by atoms with van der Waals surface area (Å²) in [5.41, 5.74) is 2.63. The van der Waals surface area contributed by atoms with Gasteiger partial charge in [0.25, 0.3) is 0 Å². The number of anilines is 2. The van der Waals surface area contributed by atoms with Gasteiger partial charge in [-0.1, -0.05) is 18.1 Å². The summed E-state index contributed by atoms with van der Waals surface area (Å²) in [6, 6.07) is 16.1. The Balaban J connectivity index is 1.93. The van der Waals surface area contributed by atoms with Crippen molar-refractivity contribution in [2.24, 2.45) is 0 Å². The quantitative estimate of drug-likeness (QED) is 0.843. The van der Waals surface area contributed by atoms with E-state index in [1.165, 1.54) is 0 Å². The fourth-order valence-corrected chi connectivity index (χ4v) is 1.77. The molecular formula is C17H13N3O. The molecule has 2 aromatic rings. The van der Waals surface area contributed by atoms with Crippen molar-refractivity contribution >= 4 is 17.3 Å². The summed E-state index contributed by atoms with van der Waals surface area (Å²) in [4.78, 5) is 11.8. The maximum absolute atomic E-state index is 11.8. The Kier molecular flexibility index (Phi) is 4.58. The van der Waals surface area contributed by atoms with E-state index in [4.69, 9.17) is 11.7 Å². The summed E-state index contributed by atoms with van der Waals surface area (Å²) in [6.45, 7) is 0.116. The van der Waals surface area contributed by atoms with E-state index in [1.54, 1.807) is 30.3 Å². The number of terminal acetylenes is 1. The van der Waals surface area contributed by atoms with Crippen LogP contribution in [0, 0.1) is 23.7 Å². The molecule has 0 atom stereocenters. The van der Waals surface area contributed by atoms with Crippen LogP contribution < -0.4 is 10.6 Å². The number of nitrogens with one attached hydrogen (secondary N) is 2. The highest BCUT2D eigenvalue weighted by molar-refractivity contribution is 5.93. The minimum absolute atomic E-state index is 0.116. The monoisotopic (exact) mass is 275 g/mol. The number of nitriles is 1. The topological polar surface area (TPSA) is 64.9 Å². The van der Waals surface area contributed by atoms with Crippen LogP contribution in [0.3, 0.4) is 0 Å². The summed E-state index contributed by atoms with van der Waals surface area (Å²) < 4.78 is 0. The van der Waals surface area contributed by atoms with Crippen molar-refractivity contribution in [3.63, 3.8) is 0 Å². The van der Waals surface area contributed by atoms with Crippen molar-refractivity contribution in [3.05, 3.63) is 59.7 Å². The molecule has 0 heterocycles. The van der Waals surface area contributed by atoms with Crippen LogP contribution in [0.4, 0.5) is 11.4 Å². The Hall–Kier alpha value is -3.24. The first-order valence-corrected chi connectivity index (χ1v) is 6.32. The molecule has 0 fully saturated rings. The van der Waals surface area contributed by atoms with Crippen molar-refractivity contribution in [2.45, 2.75) is 0 Å². The molecule has 0 aliphatic heterocycles. The Morgan fingerprint density at radius 1 is 1.10 bits per heavy atom. The predicted octanol–water partition coefficient (Wildman–Crippen LogP) is 2.59. The molecule has 2 aromatic carbocycles. The fourth-order valence-electron chi connectivity index (χ4n) is 1.77. The molecule has 21 heavy (non-hydrogen) atoms. The fraction of sp³-hybridized carbons (Fsp3) is 0.0588. The van der Waals surface area contributed by atoms with Gasteiger partial charge in [-0.25, -0.2) is 0 Å². The molecule has 102 valence electrons. The highest BCUT2D eigenvalue weighted by Crippen LogP contribution is 2.11. The van der Waals surface area contributed by atoms with Crippen LogP contribution in [0.15, 0.2) is 48.5 Å². The largest absolute Gasteiger partial charge is 0.376 e. The van der Waals surface area contributed by atoms with Gasteiger partial charge < -0.3 is 10.6 Å². The highest BCUT2D eigenvalue weighted by Gasteiger charge is 2.03. The van der Waals surface area contributed by atoms with E-state index >= 15 is 0 Å². The van der Waals surface area contributed by atoms with Crippen LogP contribution in [0.1, 0.15) is 11.1 Å². The zero-order valence-corrected chi connectivity index (χ0v) is 11.3. The molecule has 4 heteroatoms. The summed E-state index contributed by atoms with van der Waals surface area (Å²) in [6.07, 6.45) is 5.32. The van der Waals surface area contributed by atoms with Crippen molar-refractivity contribution in [1.29, 1.82) is 5.26 Å². The van der Waals surface area contributed by atoms with Crippen LogP contribution in [0.25, 0.3) is 0 Å². The first-order chi connectivity index (χ1) is 10.2. The molecule has 0 saturated carbocycles. The average Bonchev–Trinajstić information content (AvgIpc) is 2.53. The third-order valence-electron chi connectivity index (χ3n) is 2.76. The molecule has 0 aliphatic rings. The second-order valence-corrected chi connectivity index (χ2v) is 4.32. The lowest BCUT2D eigenvalue weighted by Crippen LogP contribution is -2.21. The number of carbonyl (C=O) groups is 1. The second kappa shape index (κ2) is 6.79. The summed E-state index contributed by atoms with van der Waals surface area (Å²) in [5.74, 6) is 2.34. The van der Waals surface area contributed by atoms with Gasteiger partial charge in [0.2, 0.25) is 5.91 Å². The highest BCUT2D eigenvalue weighted by atomic mass is 16.1. The molecular weight excluding hydrogens is 262 g/mol. The zero-order valence-electron chi connectivity index (χ0n) is 11.3. The number of rotatable bonds is 4. The Labute approximate surface area is 123 Å². The van der Waals surface area contributed by atoms with E-state index < -0.39 is 0 Å². The molecule has 0 aromatic heterocycles.